The number of aryl methyl sites for hydroxylation is 1. The molecule has 0 radical (unpaired) electrons. The number of pyridine rings is 1. The third kappa shape index (κ3) is 2.00. The SMILES string of the molecule is COC(=O)c1c(-c2ncccn2)ccc(C)[n+]1[O-]. The van der Waals surface area contributed by atoms with E-state index in [1.54, 1.807) is 37.5 Å². The molecule has 2 aromatic heterocycles. The van der Waals surface area contributed by atoms with Crippen LogP contribution >= 0.6 is 0 Å². The van der Waals surface area contributed by atoms with Gasteiger partial charge in [-0.2, -0.15) is 4.73 Å². The van der Waals surface area contributed by atoms with E-state index in [9.17, 15) is 10.0 Å². The number of methoxy groups -OCH3 is 1. The van der Waals surface area contributed by atoms with Crippen molar-refractivity contribution in [1.82, 2.24) is 9.97 Å². The molecule has 6 heteroatoms. The highest BCUT2D eigenvalue weighted by Crippen LogP contribution is 2.18. The lowest BCUT2D eigenvalue weighted by molar-refractivity contribution is -0.614. The molecule has 0 aromatic carbocycles. The van der Waals surface area contributed by atoms with Crippen LogP contribution in [0.15, 0.2) is 30.6 Å². The molecule has 0 unspecified atom stereocenters. The number of nitrogens with zero attached hydrogens (tertiary/aromatic N) is 3. The fraction of sp³-hybridized carbons (Fsp3) is 0.167. The van der Waals surface area contributed by atoms with Crippen LogP contribution in [0.4, 0.5) is 0 Å². The first-order chi connectivity index (χ1) is 8.65. The first-order valence-corrected chi connectivity index (χ1v) is 5.24. The average molecular weight is 245 g/mol. The first kappa shape index (κ1) is 12.0. The predicted molar refractivity (Wildman–Crippen MR) is 62.5 cm³/mol. The minimum Gasteiger partial charge on any atom is -0.618 e. The van der Waals surface area contributed by atoms with Crippen LogP contribution in [0.3, 0.4) is 0 Å². The molecule has 0 aliphatic rings. The van der Waals surface area contributed by atoms with E-state index in [-0.39, 0.29) is 5.69 Å². The first-order valence-electron chi connectivity index (χ1n) is 5.24. The maximum absolute atomic E-state index is 11.9. The van der Waals surface area contributed by atoms with Crippen LogP contribution in [0.1, 0.15) is 16.2 Å². The Balaban J connectivity index is 2.68. The maximum Gasteiger partial charge on any atom is 0.405 e. The predicted octanol–water partition coefficient (Wildman–Crippen LogP) is 0.872. The molecule has 0 amide bonds. The Kier molecular flexibility index (Phi) is 3.18. The van der Waals surface area contributed by atoms with Gasteiger partial charge in [-0.15, -0.1) is 0 Å². The highest BCUT2D eigenvalue weighted by Gasteiger charge is 2.26. The molecule has 0 atom stereocenters. The smallest absolute Gasteiger partial charge is 0.405 e. The molecule has 0 bridgehead atoms. The molecule has 6 nitrogen and oxygen atoms in total. The van der Waals surface area contributed by atoms with Gasteiger partial charge in [0, 0.05) is 25.4 Å². The van der Waals surface area contributed by atoms with E-state index in [2.05, 4.69) is 14.7 Å². The van der Waals surface area contributed by atoms with E-state index >= 15 is 0 Å². The average Bonchev–Trinajstić information content (AvgIpc) is 2.42. The number of aromatic nitrogens is 3. The summed E-state index contributed by atoms with van der Waals surface area (Å²) in [5.74, 6) is -0.404. The van der Waals surface area contributed by atoms with E-state index in [0.717, 1.165) is 0 Å². The van der Waals surface area contributed by atoms with Crippen molar-refractivity contribution in [1.29, 1.82) is 0 Å². The molecule has 0 saturated carbocycles. The number of ether oxygens (including phenoxy) is 1. The van der Waals surface area contributed by atoms with Crippen LogP contribution in [0, 0.1) is 12.1 Å². The summed E-state index contributed by atoms with van der Waals surface area (Å²) in [7, 11) is 1.22. The summed E-state index contributed by atoms with van der Waals surface area (Å²) in [5.41, 5.74) is 0.641. The Bertz CT molecular complexity index is 585. The molecule has 0 N–H and O–H groups in total. The van der Waals surface area contributed by atoms with Crippen molar-refractivity contribution in [3.05, 3.63) is 47.2 Å². The van der Waals surface area contributed by atoms with E-state index < -0.39 is 5.97 Å². The van der Waals surface area contributed by atoms with Gasteiger partial charge in [0.2, 0.25) is 0 Å². The highest BCUT2D eigenvalue weighted by molar-refractivity contribution is 5.92. The van der Waals surface area contributed by atoms with Gasteiger partial charge in [0.05, 0.1) is 7.11 Å². The van der Waals surface area contributed by atoms with E-state index in [0.29, 0.717) is 21.8 Å². The second-order valence-corrected chi connectivity index (χ2v) is 3.60. The number of hydrogen-bond acceptors (Lipinski definition) is 5. The van der Waals surface area contributed by atoms with Gasteiger partial charge in [-0.05, 0) is 12.1 Å². The second kappa shape index (κ2) is 4.79. The van der Waals surface area contributed by atoms with Crippen molar-refractivity contribution < 1.29 is 14.3 Å². The zero-order valence-electron chi connectivity index (χ0n) is 9.95. The summed E-state index contributed by atoms with van der Waals surface area (Å²) in [4.78, 5) is 19.7. The van der Waals surface area contributed by atoms with Crippen LogP contribution in [-0.2, 0) is 4.74 Å². The molecular formula is C12H11N3O3. The monoisotopic (exact) mass is 245 g/mol. The van der Waals surface area contributed by atoms with Crippen molar-refractivity contribution in [3.8, 4) is 11.4 Å². The van der Waals surface area contributed by atoms with Gasteiger partial charge in [0.25, 0.3) is 0 Å². The van der Waals surface area contributed by atoms with Crippen LogP contribution in [0.5, 0.6) is 0 Å². The van der Waals surface area contributed by atoms with Crippen LogP contribution in [0.2, 0.25) is 0 Å². The van der Waals surface area contributed by atoms with Crippen LogP contribution in [0.25, 0.3) is 11.4 Å². The molecule has 2 aromatic rings. The molecule has 0 aliphatic carbocycles. The summed E-state index contributed by atoms with van der Waals surface area (Å²) in [6.07, 6.45) is 3.08. The molecule has 0 saturated heterocycles. The zero-order chi connectivity index (χ0) is 13.1. The number of carbonyl (C=O) groups excluding carboxylic acids is 1. The van der Waals surface area contributed by atoms with Gasteiger partial charge in [-0.25, -0.2) is 14.8 Å². The van der Waals surface area contributed by atoms with Gasteiger partial charge >= 0.3 is 11.7 Å². The molecule has 0 spiro atoms. The molecule has 2 heterocycles. The molecular weight excluding hydrogens is 234 g/mol. The van der Waals surface area contributed by atoms with Gasteiger partial charge < -0.3 is 9.94 Å². The van der Waals surface area contributed by atoms with Crippen molar-refractivity contribution in [2.75, 3.05) is 7.11 Å². The third-order valence-corrected chi connectivity index (χ3v) is 2.46. The summed E-state index contributed by atoms with van der Waals surface area (Å²) >= 11 is 0. The Labute approximate surface area is 103 Å². The summed E-state index contributed by atoms with van der Waals surface area (Å²) in [6, 6.07) is 4.89. The largest absolute Gasteiger partial charge is 0.618 e. The minimum absolute atomic E-state index is 0.108. The fourth-order valence-corrected chi connectivity index (χ4v) is 1.54. The van der Waals surface area contributed by atoms with E-state index in [4.69, 9.17) is 0 Å². The Hall–Kier alpha value is -2.50. The number of rotatable bonds is 2. The normalized spacial score (nSPS) is 10.1. The van der Waals surface area contributed by atoms with Crippen molar-refractivity contribution in [3.63, 3.8) is 0 Å². The molecule has 0 fully saturated rings. The van der Waals surface area contributed by atoms with Gasteiger partial charge in [0.15, 0.2) is 11.5 Å². The van der Waals surface area contributed by atoms with Crippen molar-refractivity contribution in [2.24, 2.45) is 0 Å². The topological polar surface area (TPSA) is 79.0 Å². The third-order valence-electron chi connectivity index (χ3n) is 2.46. The molecule has 92 valence electrons. The zero-order valence-corrected chi connectivity index (χ0v) is 9.95. The second-order valence-electron chi connectivity index (χ2n) is 3.60. The van der Waals surface area contributed by atoms with Crippen LogP contribution in [-0.4, -0.2) is 23.0 Å². The number of esters is 1. The fourth-order valence-electron chi connectivity index (χ4n) is 1.54. The lowest BCUT2D eigenvalue weighted by Gasteiger charge is -2.09. The quantitative estimate of drug-likeness (QED) is 0.445. The Morgan fingerprint density at radius 1 is 1.33 bits per heavy atom. The van der Waals surface area contributed by atoms with Gasteiger partial charge in [-0.3, -0.25) is 0 Å². The van der Waals surface area contributed by atoms with Gasteiger partial charge in [-0.1, -0.05) is 0 Å². The maximum atomic E-state index is 11.9. The molecule has 2 rings (SSSR count). The Morgan fingerprint density at radius 3 is 2.61 bits per heavy atom. The number of carbonyl (C=O) groups is 1. The molecule has 0 aliphatic heterocycles. The van der Waals surface area contributed by atoms with Crippen molar-refractivity contribution >= 4 is 5.97 Å². The lowest BCUT2D eigenvalue weighted by atomic mass is 10.1. The standard InChI is InChI=1S/C12H11N3O3/c1-8-4-5-9(11-13-6-3-7-14-11)10(15(8)17)12(16)18-2/h3-7H,1-2H3. The van der Waals surface area contributed by atoms with Crippen LogP contribution < -0.4 is 4.73 Å². The molecule has 18 heavy (non-hydrogen) atoms. The Morgan fingerprint density at radius 2 is 2.00 bits per heavy atom. The summed E-state index contributed by atoms with van der Waals surface area (Å²) < 4.78 is 5.14. The minimum atomic E-state index is -0.712. The summed E-state index contributed by atoms with van der Waals surface area (Å²) in [5, 5.41) is 11.9. The summed E-state index contributed by atoms with van der Waals surface area (Å²) in [6.45, 7) is 1.61. The van der Waals surface area contributed by atoms with E-state index in [1.807, 2.05) is 0 Å². The highest BCUT2D eigenvalue weighted by atomic mass is 16.5. The van der Waals surface area contributed by atoms with E-state index in [1.165, 1.54) is 7.11 Å². The lowest BCUT2D eigenvalue weighted by Crippen LogP contribution is -2.39. The van der Waals surface area contributed by atoms with Crippen molar-refractivity contribution in [2.45, 2.75) is 6.92 Å². The van der Waals surface area contributed by atoms with Gasteiger partial charge in [0.1, 0.15) is 5.56 Å². The number of hydrogen-bond donors (Lipinski definition) is 0.